The van der Waals surface area contributed by atoms with Crippen LogP contribution >= 0.6 is 0 Å². The lowest BCUT2D eigenvalue weighted by Crippen LogP contribution is -2.44. The van der Waals surface area contributed by atoms with Gasteiger partial charge in [-0.2, -0.15) is 22.6 Å². The summed E-state index contributed by atoms with van der Waals surface area (Å²) in [6.45, 7) is -0.398. The van der Waals surface area contributed by atoms with E-state index in [9.17, 15) is 21.6 Å². The third-order valence-corrected chi connectivity index (χ3v) is 4.98. The number of alkyl halides is 3. The number of halogens is 3. The van der Waals surface area contributed by atoms with E-state index in [1.807, 2.05) is 0 Å². The molecule has 1 unspecified atom stereocenters. The molecular weight excluding hydrogens is 283 g/mol. The number of aromatic nitrogens is 2. The van der Waals surface area contributed by atoms with E-state index in [4.69, 9.17) is 0 Å². The van der Waals surface area contributed by atoms with Gasteiger partial charge in [-0.3, -0.25) is 4.68 Å². The first-order chi connectivity index (χ1) is 8.71. The second-order valence-corrected chi connectivity index (χ2v) is 6.53. The number of rotatable bonds is 2. The molecule has 1 aromatic heterocycles. The van der Waals surface area contributed by atoms with Crippen molar-refractivity contribution in [1.29, 1.82) is 0 Å². The average molecular weight is 297 g/mol. The Morgan fingerprint density at radius 3 is 2.63 bits per heavy atom. The van der Waals surface area contributed by atoms with Gasteiger partial charge in [-0.05, 0) is 12.8 Å². The fourth-order valence-corrected chi connectivity index (χ4v) is 3.62. The molecule has 108 valence electrons. The second-order valence-electron chi connectivity index (χ2n) is 4.59. The van der Waals surface area contributed by atoms with Crippen LogP contribution in [0.4, 0.5) is 13.2 Å². The van der Waals surface area contributed by atoms with Gasteiger partial charge < -0.3 is 0 Å². The molecule has 0 amide bonds. The van der Waals surface area contributed by atoms with Gasteiger partial charge in [-0.25, -0.2) is 8.42 Å². The Labute approximate surface area is 109 Å². The lowest BCUT2D eigenvalue weighted by Gasteiger charge is -2.32. The minimum atomic E-state index is -4.36. The molecule has 1 aliphatic heterocycles. The molecule has 2 heterocycles. The molecule has 5 nitrogen and oxygen atoms in total. The predicted octanol–water partition coefficient (Wildman–Crippen LogP) is 1.38. The summed E-state index contributed by atoms with van der Waals surface area (Å²) in [5.74, 6) is -1.59. The topological polar surface area (TPSA) is 55.2 Å². The van der Waals surface area contributed by atoms with Crippen LogP contribution in [0.25, 0.3) is 0 Å². The van der Waals surface area contributed by atoms with E-state index >= 15 is 0 Å². The Balaban J connectivity index is 2.22. The Hall–Kier alpha value is -1.09. The third-order valence-electron chi connectivity index (χ3n) is 3.17. The van der Waals surface area contributed by atoms with Gasteiger partial charge in [0.25, 0.3) is 0 Å². The van der Waals surface area contributed by atoms with Crippen molar-refractivity contribution < 1.29 is 21.6 Å². The molecule has 0 radical (unpaired) electrons. The molecule has 1 saturated heterocycles. The fraction of sp³-hybridized carbons (Fsp3) is 0.700. The fourth-order valence-electron chi connectivity index (χ4n) is 2.11. The minimum absolute atomic E-state index is 0.0252. The van der Waals surface area contributed by atoms with Crippen molar-refractivity contribution in [3.05, 3.63) is 12.4 Å². The average Bonchev–Trinajstić information content (AvgIpc) is 2.76. The van der Waals surface area contributed by atoms with E-state index in [2.05, 4.69) is 5.10 Å². The van der Waals surface area contributed by atoms with Crippen LogP contribution in [-0.4, -0.2) is 41.8 Å². The van der Waals surface area contributed by atoms with Crippen molar-refractivity contribution in [3.63, 3.8) is 0 Å². The molecule has 0 saturated carbocycles. The Bertz CT molecular complexity index is 553. The maximum absolute atomic E-state index is 12.7. The molecule has 0 N–H and O–H groups in total. The van der Waals surface area contributed by atoms with Gasteiger partial charge in [0, 0.05) is 26.3 Å². The van der Waals surface area contributed by atoms with Gasteiger partial charge in [0.15, 0.2) is 0 Å². The molecule has 1 atom stereocenters. The zero-order valence-corrected chi connectivity index (χ0v) is 11.1. The van der Waals surface area contributed by atoms with E-state index in [0.29, 0.717) is 0 Å². The van der Waals surface area contributed by atoms with Gasteiger partial charge >= 0.3 is 6.18 Å². The number of hydrogen-bond donors (Lipinski definition) is 0. The maximum Gasteiger partial charge on any atom is 0.393 e. The summed E-state index contributed by atoms with van der Waals surface area (Å²) in [7, 11) is -2.34. The highest BCUT2D eigenvalue weighted by molar-refractivity contribution is 7.89. The summed E-state index contributed by atoms with van der Waals surface area (Å²) >= 11 is 0. The van der Waals surface area contributed by atoms with Gasteiger partial charge in [0.2, 0.25) is 10.0 Å². The minimum Gasteiger partial charge on any atom is -0.274 e. The molecular formula is C10H14F3N3O2S. The SMILES string of the molecule is Cn1cc(S(=O)(=O)N2CCCC(C(F)(F)F)C2)cn1. The monoisotopic (exact) mass is 297 g/mol. The molecule has 0 spiro atoms. The van der Waals surface area contributed by atoms with Crippen LogP contribution in [0.15, 0.2) is 17.3 Å². The van der Waals surface area contributed by atoms with Crippen LogP contribution in [0.1, 0.15) is 12.8 Å². The zero-order valence-electron chi connectivity index (χ0n) is 10.3. The van der Waals surface area contributed by atoms with Crippen molar-refractivity contribution in [2.24, 2.45) is 13.0 Å². The standard InChI is InChI=1S/C10H14F3N3O2S/c1-15-7-9(5-14-15)19(17,18)16-4-2-3-8(6-16)10(11,12)13/h5,7-8H,2-4,6H2,1H3. The van der Waals surface area contributed by atoms with Gasteiger partial charge in [0.05, 0.1) is 12.1 Å². The molecule has 9 heteroatoms. The van der Waals surface area contributed by atoms with Crippen LogP contribution in [0.2, 0.25) is 0 Å². The van der Waals surface area contributed by atoms with Crippen LogP contribution in [-0.2, 0) is 17.1 Å². The number of sulfonamides is 1. The zero-order chi connectivity index (χ0) is 14.3. The summed E-state index contributed by atoms with van der Waals surface area (Å²) in [5, 5.41) is 3.73. The van der Waals surface area contributed by atoms with Crippen LogP contribution in [0.5, 0.6) is 0 Å². The molecule has 2 rings (SSSR count). The Morgan fingerprint density at radius 1 is 1.42 bits per heavy atom. The number of piperidine rings is 1. The smallest absolute Gasteiger partial charge is 0.274 e. The summed E-state index contributed by atoms with van der Waals surface area (Å²) < 4.78 is 64.6. The molecule has 19 heavy (non-hydrogen) atoms. The van der Waals surface area contributed by atoms with Crippen molar-refractivity contribution >= 4 is 10.0 Å². The highest BCUT2D eigenvalue weighted by Crippen LogP contribution is 2.34. The molecule has 1 aromatic rings. The largest absolute Gasteiger partial charge is 0.393 e. The quantitative estimate of drug-likeness (QED) is 0.829. The van der Waals surface area contributed by atoms with Crippen molar-refractivity contribution in [2.45, 2.75) is 23.9 Å². The van der Waals surface area contributed by atoms with E-state index < -0.39 is 28.7 Å². The molecule has 1 fully saturated rings. The van der Waals surface area contributed by atoms with Gasteiger partial charge in [0.1, 0.15) is 4.90 Å². The van der Waals surface area contributed by atoms with Gasteiger partial charge in [-0.15, -0.1) is 0 Å². The van der Waals surface area contributed by atoms with Crippen LogP contribution < -0.4 is 0 Å². The first-order valence-electron chi connectivity index (χ1n) is 5.77. The molecule has 0 aromatic carbocycles. The van der Waals surface area contributed by atoms with E-state index in [1.165, 1.54) is 10.9 Å². The van der Waals surface area contributed by atoms with E-state index in [0.717, 1.165) is 10.5 Å². The van der Waals surface area contributed by atoms with E-state index in [1.54, 1.807) is 7.05 Å². The Kier molecular flexibility index (Phi) is 3.61. The van der Waals surface area contributed by atoms with Crippen LogP contribution in [0, 0.1) is 5.92 Å². The van der Waals surface area contributed by atoms with E-state index in [-0.39, 0.29) is 24.3 Å². The molecule has 0 bridgehead atoms. The van der Waals surface area contributed by atoms with Gasteiger partial charge in [-0.1, -0.05) is 0 Å². The third kappa shape index (κ3) is 2.92. The highest BCUT2D eigenvalue weighted by Gasteiger charge is 2.44. The van der Waals surface area contributed by atoms with Crippen molar-refractivity contribution in [2.75, 3.05) is 13.1 Å². The first kappa shape index (κ1) is 14.3. The highest BCUT2D eigenvalue weighted by atomic mass is 32.2. The lowest BCUT2D eigenvalue weighted by atomic mass is 9.99. The van der Waals surface area contributed by atoms with Crippen molar-refractivity contribution in [3.8, 4) is 0 Å². The van der Waals surface area contributed by atoms with Crippen LogP contribution in [0.3, 0.4) is 0 Å². The summed E-state index contributed by atoms with van der Waals surface area (Å²) in [4.78, 5) is -0.0715. The lowest BCUT2D eigenvalue weighted by molar-refractivity contribution is -0.182. The first-order valence-corrected chi connectivity index (χ1v) is 7.21. The molecule has 1 aliphatic rings. The van der Waals surface area contributed by atoms with Crippen molar-refractivity contribution in [1.82, 2.24) is 14.1 Å². The number of nitrogens with zero attached hydrogens (tertiary/aromatic N) is 3. The number of hydrogen-bond acceptors (Lipinski definition) is 3. The summed E-state index contributed by atoms with van der Waals surface area (Å²) in [5.41, 5.74) is 0. The predicted molar refractivity (Wildman–Crippen MR) is 60.7 cm³/mol. The maximum atomic E-state index is 12.7. The Morgan fingerprint density at radius 2 is 2.11 bits per heavy atom. The second kappa shape index (κ2) is 4.78. The summed E-state index contributed by atoms with van der Waals surface area (Å²) in [6.07, 6.45) is -1.74. The molecule has 0 aliphatic carbocycles. The normalized spacial score (nSPS) is 22.6. The number of aryl methyl sites for hydroxylation is 1. The summed E-state index contributed by atoms with van der Waals surface area (Å²) in [6, 6.07) is 0.